The van der Waals surface area contributed by atoms with Crippen LogP contribution in [-0.2, 0) is 10.9 Å². The van der Waals surface area contributed by atoms with Crippen molar-refractivity contribution < 1.29 is 27.4 Å². The number of nitrogens with one attached hydrogen (secondary N) is 1. The van der Waals surface area contributed by atoms with E-state index in [9.17, 15) is 22.7 Å². The van der Waals surface area contributed by atoms with Gasteiger partial charge in [0.1, 0.15) is 5.82 Å². The van der Waals surface area contributed by atoms with Crippen LogP contribution in [0.2, 0.25) is 0 Å². The highest BCUT2D eigenvalue weighted by Crippen LogP contribution is 2.34. The second kappa shape index (κ2) is 5.90. The Hall–Kier alpha value is -1.18. The lowest BCUT2D eigenvalue weighted by Gasteiger charge is -2.38. The van der Waals surface area contributed by atoms with Gasteiger partial charge in [-0.15, -0.1) is 0 Å². The van der Waals surface area contributed by atoms with E-state index in [0.717, 1.165) is 12.1 Å². The fourth-order valence-corrected chi connectivity index (χ4v) is 2.63. The largest absolute Gasteiger partial charge is 0.416 e. The molecule has 21 heavy (non-hydrogen) atoms. The minimum absolute atomic E-state index is 0.0249. The van der Waals surface area contributed by atoms with Crippen LogP contribution >= 0.6 is 0 Å². The first-order valence-electron chi connectivity index (χ1n) is 6.57. The molecule has 1 saturated heterocycles. The van der Waals surface area contributed by atoms with Crippen molar-refractivity contribution in [1.82, 2.24) is 5.32 Å². The maximum absolute atomic E-state index is 14.0. The van der Waals surface area contributed by atoms with Gasteiger partial charge in [0.05, 0.1) is 23.8 Å². The molecule has 0 bridgehead atoms. The van der Waals surface area contributed by atoms with Gasteiger partial charge in [0.15, 0.2) is 0 Å². The molecule has 1 aromatic carbocycles. The van der Waals surface area contributed by atoms with Crippen molar-refractivity contribution in [1.29, 1.82) is 0 Å². The molecule has 118 valence electrons. The summed E-state index contributed by atoms with van der Waals surface area (Å²) in [6.07, 6.45) is -5.46. The van der Waals surface area contributed by atoms with E-state index in [1.165, 1.54) is 7.11 Å². The van der Waals surface area contributed by atoms with Crippen LogP contribution < -0.4 is 5.32 Å². The third kappa shape index (κ3) is 3.36. The molecule has 1 fully saturated rings. The second-order valence-electron chi connectivity index (χ2n) is 5.24. The molecule has 1 heterocycles. The first-order valence-corrected chi connectivity index (χ1v) is 6.57. The van der Waals surface area contributed by atoms with E-state index < -0.39 is 29.7 Å². The fourth-order valence-electron chi connectivity index (χ4n) is 2.63. The number of methoxy groups -OCH3 is 1. The number of aliphatic hydroxyl groups is 1. The predicted octanol–water partition coefficient (Wildman–Crippen LogP) is 2.64. The molecule has 3 nitrogen and oxygen atoms in total. The number of piperidine rings is 1. The van der Waals surface area contributed by atoms with Crippen LogP contribution in [0.1, 0.15) is 30.5 Å². The van der Waals surface area contributed by atoms with E-state index in [4.69, 9.17) is 4.74 Å². The van der Waals surface area contributed by atoms with Gasteiger partial charge in [-0.3, -0.25) is 0 Å². The maximum Gasteiger partial charge on any atom is 0.416 e. The molecule has 0 radical (unpaired) electrons. The molecule has 7 heteroatoms. The normalized spacial score (nSPS) is 30.4. The summed E-state index contributed by atoms with van der Waals surface area (Å²) >= 11 is 0. The van der Waals surface area contributed by atoms with Crippen molar-refractivity contribution in [3.05, 3.63) is 35.1 Å². The summed E-state index contributed by atoms with van der Waals surface area (Å²) < 4.78 is 56.7. The summed E-state index contributed by atoms with van der Waals surface area (Å²) in [5.74, 6) is -0.982. The summed E-state index contributed by atoms with van der Waals surface area (Å²) in [5, 5.41) is 13.1. The predicted molar refractivity (Wildman–Crippen MR) is 68.2 cm³/mol. The lowest BCUT2D eigenvalue weighted by atomic mass is 9.89. The van der Waals surface area contributed by atoms with Crippen LogP contribution in [-0.4, -0.2) is 30.5 Å². The van der Waals surface area contributed by atoms with E-state index in [-0.39, 0.29) is 24.1 Å². The van der Waals surface area contributed by atoms with Crippen molar-refractivity contribution in [3.63, 3.8) is 0 Å². The molecule has 0 saturated carbocycles. The molecule has 0 spiro atoms. The zero-order valence-corrected chi connectivity index (χ0v) is 11.6. The molecule has 4 atom stereocenters. The Morgan fingerprint density at radius 2 is 2.00 bits per heavy atom. The first kappa shape index (κ1) is 16.2. The topological polar surface area (TPSA) is 41.5 Å². The standard InChI is InChI=1S/C14H17F4NO2/c1-7-12(21-2)6-11(20)13(19-7)9-4-3-8(5-10(9)15)14(16,17)18/h3-5,7,11-13,19-20H,6H2,1-2H3/t7-,11+,12-,13+/m1/s1. The SMILES string of the molecule is CO[C@@H]1C[C@H](O)[C@H](c2ccc(C(F)(F)F)cc2F)N[C@@H]1C. The van der Waals surface area contributed by atoms with Gasteiger partial charge in [-0.25, -0.2) is 4.39 Å². The van der Waals surface area contributed by atoms with Gasteiger partial charge in [-0.05, 0) is 19.1 Å². The smallest absolute Gasteiger partial charge is 0.391 e. The molecule has 1 aromatic rings. The van der Waals surface area contributed by atoms with Gasteiger partial charge in [0.25, 0.3) is 0 Å². The minimum Gasteiger partial charge on any atom is -0.391 e. The lowest BCUT2D eigenvalue weighted by Crippen LogP contribution is -2.51. The summed E-state index contributed by atoms with van der Waals surface area (Å²) in [6, 6.07) is 1.44. The first-order chi connectivity index (χ1) is 9.74. The van der Waals surface area contributed by atoms with Crippen LogP contribution in [0.25, 0.3) is 0 Å². The summed E-state index contributed by atoms with van der Waals surface area (Å²) in [4.78, 5) is 0. The van der Waals surface area contributed by atoms with Crippen LogP contribution in [0.15, 0.2) is 18.2 Å². The molecule has 1 aliphatic rings. The third-order valence-corrected chi connectivity index (χ3v) is 3.82. The summed E-state index contributed by atoms with van der Waals surface area (Å²) in [7, 11) is 1.51. The van der Waals surface area contributed by atoms with Gasteiger partial charge in [-0.2, -0.15) is 13.2 Å². The Bertz CT molecular complexity index is 506. The Morgan fingerprint density at radius 3 is 2.52 bits per heavy atom. The number of hydrogen-bond acceptors (Lipinski definition) is 3. The molecule has 2 N–H and O–H groups in total. The fraction of sp³-hybridized carbons (Fsp3) is 0.571. The molecule has 2 rings (SSSR count). The van der Waals surface area contributed by atoms with Gasteiger partial charge in [0, 0.05) is 25.1 Å². The average Bonchev–Trinajstić information content (AvgIpc) is 2.40. The van der Waals surface area contributed by atoms with E-state index in [2.05, 4.69) is 5.32 Å². The van der Waals surface area contributed by atoms with Crippen LogP contribution in [0.3, 0.4) is 0 Å². The highest BCUT2D eigenvalue weighted by Gasteiger charge is 2.37. The number of ether oxygens (including phenoxy) is 1. The average molecular weight is 307 g/mol. The molecule has 0 unspecified atom stereocenters. The summed E-state index contributed by atoms with van der Waals surface area (Å²) in [5.41, 5.74) is -1.02. The zero-order chi connectivity index (χ0) is 15.8. The van der Waals surface area contributed by atoms with Gasteiger partial charge in [0.2, 0.25) is 0 Å². The van der Waals surface area contributed by atoms with Crippen LogP contribution in [0, 0.1) is 5.82 Å². The minimum atomic E-state index is -4.59. The molecule has 0 amide bonds. The summed E-state index contributed by atoms with van der Waals surface area (Å²) in [6.45, 7) is 1.81. The monoisotopic (exact) mass is 307 g/mol. The number of hydrogen-bond donors (Lipinski definition) is 2. The molecule has 0 aliphatic carbocycles. The highest BCUT2D eigenvalue weighted by atomic mass is 19.4. The number of aliphatic hydroxyl groups excluding tert-OH is 1. The highest BCUT2D eigenvalue weighted by molar-refractivity contribution is 5.30. The number of alkyl halides is 3. The zero-order valence-electron chi connectivity index (χ0n) is 11.6. The lowest BCUT2D eigenvalue weighted by molar-refractivity contribution is -0.137. The van der Waals surface area contributed by atoms with E-state index >= 15 is 0 Å². The van der Waals surface area contributed by atoms with Crippen LogP contribution in [0.5, 0.6) is 0 Å². The molecular formula is C14H17F4NO2. The Kier molecular flexibility index (Phi) is 4.55. The van der Waals surface area contributed by atoms with E-state index in [0.29, 0.717) is 6.07 Å². The second-order valence-corrected chi connectivity index (χ2v) is 5.24. The molecule has 0 aromatic heterocycles. The van der Waals surface area contributed by atoms with Crippen LogP contribution in [0.4, 0.5) is 17.6 Å². The van der Waals surface area contributed by atoms with Crippen molar-refractivity contribution in [2.45, 2.75) is 43.8 Å². The number of benzene rings is 1. The van der Waals surface area contributed by atoms with Crippen molar-refractivity contribution in [2.24, 2.45) is 0 Å². The quantitative estimate of drug-likeness (QED) is 0.825. The maximum atomic E-state index is 14.0. The Labute approximate surface area is 119 Å². The number of halogens is 4. The molecule has 1 aliphatic heterocycles. The Morgan fingerprint density at radius 1 is 1.33 bits per heavy atom. The van der Waals surface area contributed by atoms with Crippen molar-refractivity contribution in [2.75, 3.05) is 7.11 Å². The van der Waals surface area contributed by atoms with Gasteiger partial charge in [-0.1, -0.05) is 6.07 Å². The van der Waals surface area contributed by atoms with Crippen molar-refractivity contribution >= 4 is 0 Å². The molecular weight excluding hydrogens is 290 g/mol. The third-order valence-electron chi connectivity index (χ3n) is 3.82. The van der Waals surface area contributed by atoms with Crippen molar-refractivity contribution in [3.8, 4) is 0 Å². The Balaban J connectivity index is 2.26. The number of rotatable bonds is 2. The van der Waals surface area contributed by atoms with Gasteiger partial charge < -0.3 is 15.2 Å². The van der Waals surface area contributed by atoms with E-state index in [1.54, 1.807) is 0 Å². The van der Waals surface area contributed by atoms with Gasteiger partial charge >= 0.3 is 6.18 Å². The van der Waals surface area contributed by atoms with E-state index in [1.807, 2.05) is 6.92 Å².